The summed E-state index contributed by atoms with van der Waals surface area (Å²) in [7, 11) is -3.24. The first-order valence-electron chi connectivity index (χ1n) is 8.54. The SMILES string of the molecule is CS(=O)(=O)N1CCCN(C(=O)c2ccc(COc3ccc(Br)cc3)o2)CC1. The van der Waals surface area contributed by atoms with Crippen LogP contribution in [-0.2, 0) is 16.6 Å². The van der Waals surface area contributed by atoms with Crippen molar-refractivity contribution in [2.45, 2.75) is 13.0 Å². The van der Waals surface area contributed by atoms with E-state index in [0.29, 0.717) is 44.1 Å². The first kappa shape index (κ1) is 19.9. The smallest absolute Gasteiger partial charge is 0.289 e. The van der Waals surface area contributed by atoms with Crippen LogP contribution in [0, 0.1) is 0 Å². The molecule has 1 aromatic carbocycles. The number of halogens is 1. The van der Waals surface area contributed by atoms with Gasteiger partial charge in [-0.05, 0) is 42.8 Å². The van der Waals surface area contributed by atoms with E-state index in [1.807, 2.05) is 24.3 Å². The fourth-order valence-electron chi connectivity index (χ4n) is 2.84. The molecule has 0 saturated carbocycles. The zero-order chi connectivity index (χ0) is 19.4. The van der Waals surface area contributed by atoms with E-state index in [1.54, 1.807) is 17.0 Å². The van der Waals surface area contributed by atoms with Crippen LogP contribution in [0.4, 0.5) is 0 Å². The van der Waals surface area contributed by atoms with Gasteiger partial charge < -0.3 is 14.1 Å². The second-order valence-electron chi connectivity index (χ2n) is 6.32. The Hall–Kier alpha value is -1.84. The van der Waals surface area contributed by atoms with Crippen LogP contribution in [0.25, 0.3) is 0 Å². The molecular formula is C18H21BrN2O5S. The van der Waals surface area contributed by atoms with Crippen molar-refractivity contribution >= 4 is 31.9 Å². The number of benzene rings is 1. The maximum Gasteiger partial charge on any atom is 0.289 e. The third-order valence-corrected chi connectivity index (χ3v) is 6.11. The summed E-state index contributed by atoms with van der Waals surface area (Å²) in [5.74, 6) is 1.25. The van der Waals surface area contributed by atoms with Crippen LogP contribution in [0.3, 0.4) is 0 Å². The largest absolute Gasteiger partial charge is 0.486 e. The lowest BCUT2D eigenvalue weighted by molar-refractivity contribution is 0.0728. The van der Waals surface area contributed by atoms with E-state index in [2.05, 4.69) is 15.9 Å². The molecule has 1 aromatic heterocycles. The molecular weight excluding hydrogens is 436 g/mol. The maximum absolute atomic E-state index is 12.7. The molecule has 0 atom stereocenters. The van der Waals surface area contributed by atoms with Gasteiger partial charge in [-0.15, -0.1) is 0 Å². The number of nitrogens with zero attached hydrogens (tertiary/aromatic N) is 2. The van der Waals surface area contributed by atoms with Gasteiger partial charge >= 0.3 is 0 Å². The number of sulfonamides is 1. The van der Waals surface area contributed by atoms with Gasteiger partial charge in [-0.1, -0.05) is 15.9 Å². The molecule has 0 radical (unpaired) electrons. The van der Waals surface area contributed by atoms with Gasteiger partial charge in [0.1, 0.15) is 18.1 Å². The predicted octanol–water partition coefficient (Wildman–Crippen LogP) is 2.73. The standard InChI is InChI=1S/C18H21BrN2O5S/c1-27(23,24)21-10-2-9-20(11-12-21)18(22)17-8-7-16(26-17)13-25-15-5-3-14(19)4-6-15/h3-8H,2,9-13H2,1H3. The number of carbonyl (C=O) groups excluding carboxylic acids is 1. The Morgan fingerprint density at radius 1 is 1.11 bits per heavy atom. The molecule has 1 aliphatic heterocycles. The van der Waals surface area contributed by atoms with Gasteiger partial charge in [-0.25, -0.2) is 12.7 Å². The first-order chi connectivity index (χ1) is 12.8. The van der Waals surface area contributed by atoms with Gasteiger partial charge in [0, 0.05) is 30.7 Å². The van der Waals surface area contributed by atoms with Gasteiger partial charge in [0.05, 0.1) is 6.26 Å². The topological polar surface area (TPSA) is 80.1 Å². The molecule has 2 heterocycles. The van der Waals surface area contributed by atoms with Crippen LogP contribution in [-0.4, -0.2) is 56.0 Å². The molecule has 0 aliphatic carbocycles. The minimum atomic E-state index is -3.24. The number of amides is 1. The summed E-state index contributed by atoms with van der Waals surface area (Å²) in [5, 5.41) is 0. The Morgan fingerprint density at radius 3 is 2.56 bits per heavy atom. The lowest BCUT2D eigenvalue weighted by Gasteiger charge is -2.19. The highest BCUT2D eigenvalue weighted by Gasteiger charge is 2.25. The molecule has 1 fully saturated rings. The first-order valence-corrected chi connectivity index (χ1v) is 11.2. The average molecular weight is 457 g/mol. The highest BCUT2D eigenvalue weighted by Crippen LogP contribution is 2.19. The highest BCUT2D eigenvalue weighted by atomic mass is 79.9. The number of hydrogen-bond donors (Lipinski definition) is 0. The van der Waals surface area contributed by atoms with Crippen molar-refractivity contribution in [1.29, 1.82) is 0 Å². The number of ether oxygens (including phenoxy) is 1. The third-order valence-electron chi connectivity index (χ3n) is 4.28. The summed E-state index contributed by atoms with van der Waals surface area (Å²) < 4.78 is 37.0. The van der Waals surface area contributed by atoms with E-state index < -0.39 is 10.0 Å². The molecule has 2 aromatic rings. The van der Waals surface area contributed by atoms with E-state index in [1.165, 1.54) is 10.6 Å². The van der Waals surface area contributed by atoms with E-state index >= 15 is 0 Å². The molecule has 146 valence electrons. The summed E-state index contributed by atoms with van der Waals surface area (Å²) in [4.78, 5) is 14.3. The van der Waals surface area contributed by atoms with Crippen LogP contribution < -0.4 is 4.74 Å². The van der Waals surface area contributed by atoms with E-state index in [4.69, 9.17) is 9.15 Å². The molecule has 0 bridgehead atoms. The monoisotopic (exact) mass is 456 g/mol. The normalized spacial score (nSPS) is 16.1. The van der Waals surface area contributed by atoms with Crippen LogP contribution in [0.2, 0.25) is 0 Å². The lowest BCUT2D eigenvalue weighted by atomic mass is 10.3. The van der Waals surface area contributed by atoms with Crippen molar-refractivity contribution < 1.29 is 22.4 Å². The zero-order valence-corrected chi connectivity index (χ0v) is 17.3. The summed E-state index contributed by atoms with van der Waals surface area (Å²) in [6.07, 6.45) is 1.79. The van der Waals surface area contributed by atoms with Gasteiger partial charge in [0.25, 0.3) is 5.91 Å². The number of hydrogen-bond acceptors (Lipinski definition) is 5. The van der Waals surface area contributed by atoms with E-state index in [-0.39, 0.29) is 18.3 Å². The van der Waals surface area contributed by atoms with Crippen molar-refractivity contribution in [1.82, 2.24) is 9.21 Å². The molecule has 1 amide bonds. The van der Waals surface area contributed by atoms with Crippen molar-refractivity contribution in [3.63, 3.8) is 0 Å². The Morgan fingerprint density at radius 2 is 1.85 bits per heavy atom. The minimum absolute atomic E-state index is 0.219. The second-order valence-corrected chi connectivity index (χ2v) is 9.21. The maximum atomic E-state index is 12.7. The average Bonchev–Trinajstić information content (AvgIpc) is 2.94. The molecule has 0 spiro atoms. The second kappa shape index (κ2) is 8.45. The third kappa shape index (κ3) is 5.33. The Kier molecular flexibility index (Phi) is 6.23. The van der Waals surface area contributed by atoms with Crippen molar-refractivity contribution in [2.24, 2.45) is 0 Å². The Balaban J connectivity index is 1.58. The number of furan rings is 1. The van der Waals surface area contributed by atoms with Gasteiger partial charge in [-0.2, -0.15) is 0 Å². The van der Waals surface area contributed by atoms with Crippen LogP contribution >= 0.6 is 15.9 Å². The van der Waals surface area contributed by atoms with E-state index in [0.717, 1.165) is 4.47 Å². The molecule has 1 aliphatic rings. The quantitative estimate of drug-likeness (QED) is 0.690. The summed E-state index contributed by atoms with van der Waals surface area (Å²) in [5.41, 5.74) is 0. The highest BCUT2D eigenvalue weighted by molar-refractivity contribution is 9.10. The summed E-state index contributed by atoms with van der Waals surface area (Å²) in [6.45, 7) is 1.78. The summed E-state index contributed by atoms with van der Waals surface area (Å²) >= 11 is 3.37. The Bertz CT molecular complexity index is 895. The summed E-state index contributed by atoms with van der Waals surface area (Å²) in [6, 6.07) is 10.8. The minimum Gasteiger partial charge on any atom is -0.486 e. The fraction of sp³-hybridized carbons (Fsp3) is 0.389. The number of rotatable bonds is 5. The molecule has 3 rings (SSSR count). The van der Waals surface area contributed by atoms with Crippen molar-refractivity contribution in [2.75, 3.05) is 32.4 Å². The Labute approximate surface area is 167 Å². The zero-order valence-electron chi connectivity index (χ0n) is 14.9. The van der Waals surface area contributed by atoms with E-state index in [9.17, 15) is 13.2 Å². The molecule has 7 nitrogen and oxygen atoms in total. The predicted molar refractivity (Wildman–Crippen MR) is 104 cm³/mol. The van der Waals surface area contributed by atoms with Crippen LogP contribution in [0.1, 0.15) is 22.7 Å². The van der Waals surface area contributed by atoms with Crippen LogP contribution in [0.5, 0.6) is 5.75 Å². The van der Waals surface area contributed by atoms with Crippen molar-refractivity contribution in [3.05, 3.63) is 52.4 Å². The van der Waals surface area contributed by atoms with Gasteiger partial charge in [-0.3, -0.25) is 4.79 Å². The molecule has 0 unspecified atom stereocenters. The fourth-order valence-corrected chi connectivity index (χ4v) is 3.98. The molecule has 27 heavy (non-hydrogen) atoms. The van der Waals surface area contributed by atoms with Crippen molar-refractivity contribution in [3.8, 4) is 5.75 Å². The molecule has 9 heteroatoms. The number of carbonyl (C=O) groups is 1. The molecule has 1 saturated heterocycles. The van der Waals surface area contributed by atoms with Crippen LogP contribution in [0.15, 0.2) is 45.3 Å². The van der Waals surface area contributed by atoms with Gasteiger partial charge in [0.2, 0.25) is 10.0 Å². The van der Waals surface area contributed by atoms with Gasteiger partial charge in [0.15, 0.2) is 5.76 Å². The lowest BCUT2D eigenvalue weighted by Crippen LogP contribution is -2.36. The molecule has 0 N–H and O–H groups in total.